The normalized spacial score (nSPS) is 21.1. The van der Waals surface area contributed by atoms with Gasteiger partial charge in [-0.25, -0.2) is 0 Å². The van der Waals surface area contributed by atoms with Crippen LogP contribution >= 0.6 is 11.3 Å². The average Bonchev–Trinajstić information content (AvgIpc) is 2.90. The molecule has 1 aromatic rings. The number of nitrogens with one attached hydrogen (secondary N) is 1. The van der Waals surface area contributed by atoms with E-state index in [1.807, 2.05) is 22.4 Å². The molecule has 0 aromatic carbocycles. The fourth-order valence-corrected chi connectivity index (χ4v) is 3.54. The van der Waals surface area contributed by atoms with E-state index in [-0.39, 0.29) is 23.9 Å². The van der Waals surface area contributed by atoms with Crippen molar-refractivity contribution < 1.29 is 9.59 Å². The summed E-state index contributed by atoms with van der Waals surface area (Å²) in [5.74, 6) is 0.00961. The summed E-state index contributed by atoms with van der Waals surface area (Å²) in [4.78, 5) is 29.1. The Morgan fingerprint density at radius 2 is 2.24 bits per heavy atom. The standard InChI is InChI=1S/C15H23N3O2S/c1-11-10-17(3)6-7-18(11)15(20)9-13(16-12(2)19)14-5-4-8-21-14/h4-5,8,11,13H,6-7,9-10H2,1-3H3,(H,16,19). The van der Waals surface area contributed by atoms with Crippen LogP contribution < -0.4 is 5.32 Å². The maximum Gasteiger partial charge on any atom is 0.225 e. The number of amides is 2. The molecule has 0 bridgehead atoms. The van der Waals surface area contributed by atoms with Crippen LogP contribution in [0.25, 0.3) is 0 Å². The summed E-state index contributed by atoms with van der Waals surface area (Å²) in [5.41, 5.74) is 0. The van der Waals surface area contributed by atoms with Crippen molar-refractivity contribution in [1.29, 1.82) is 0 Å². The van der Waals surface area contributed by atoms with Crippen LogP contribution in [-0.2, 0) is 9.59 Å². The van der Waals surface area contributed by atoms with Crippen molar-refractivity contribution >= 4 is 23.2 Å². The van der Waals surface area contributed by atoms with Crippen LogP contribution in [0.1, 0.15) is 31.2 Å². The van der Waals surface area contributed by atoms with Crippen LogP contribution in [-0.4, -0.2) is 54.3 Å². The molecule has 1 N–H and O–H groups in total. The second-order valence-electron chi connectivity index (χ2n) is 5.67. The molecule has 1 aliphatic rings. The van der Waals surface area contributed by atoms with Crippen molar-refractivity contribution in [1.82, 2.24) is 15.1 Å². The Balaban J connectivity index is 2.02. The number of piperazine rings is 1. The first-order chi connectivity index (χ1) is 9.97. The smallest absolute Gasteiger partial charge is 0.225 e. The number of hydrogen-bond donors (Lipinski definition) is 1. The van der Waals surface area contributed by atoms with Gasteiger partial charge in [0.15, 0.2) is 0 Å². The Hall–Kier alpha value is -1.40. The molecular formula is C15H23N3O2S. The molecule has 0 radical (unpaired) electrons. The summed E-state index contributed by atoms with van der Waals surface area (Å²) in [5, 5.41) is 4.85. The molecule has 2 amide bonds. The minimum atomic E-state index is -0.221. The van der Waals surface area contributed by atoms with Crippen molar-refractivity contribution in [3.63, 3.8) is 0 Å². The van der Waals surface area contributed by atoms with Gasteiger partial charge in [-0.1, -0.05) is 6.07 Å². The number of likely N-dealkylation sites (N-methyl/N-ethyl adjacent to an activating group) is 1. The predicted molar refractivity (Wildman–Crippen MR) is 84.2 cm³/mol. The minimum Gasteiger partial charge on any atom is -0.348 e. The summed E-state index contributed by atoms with van der Waals surface area (Å²) in [6.07, 6.45) is 0.328. The van der Waals surface area contributed by atoms with E-state index in [0.717, 1.165) is 24.5 Å². The number of carbonyl (C=O) groups is 2. The Labute approximate surface area is 129 Å². The molecule has 1 saturated heterocycles. The van der Waals surface area contributed by atoms with E-state index in [2.05, 4.69) is 24.2 Å². The molecule has 6 heteroatoms. The first-order valence-electron chi connectivity index (χ1n) is 7.26. The lowest BCUT2D eigenvalue weighted by molar-refractivity contribution is -0.136. The van der Waals surface area contributed by atoms with Gasteiger partial charge >= 0.3 is 0 Å². The molecule has 1 aliphatic heterocycles. The van der Waals surface area contributed by atoms with E-state index in [1.165, 1.54) is 6.92 Å². The summed E-state index contributed by atoms with van der Waals surface area (Å²) >= 11 is 1.57. The molecule has 0 saturated carbocycles. The number of rotatable bonds is 4. The van der Waals surface area contributed by atoms with E-state index in [0.29, 0.717) is 6.42 Å². The molecule has 2 heterocycles. The Morgan fingerprint density at radius 1 is 1.48 bits per heavy atom. The first kappa shape index (κ1) is 16.0. The number of carbonyl (C=O) groups excluding carboxylic acids is 2. The summed E-state index contributed by atoms with van der Waals surface area (Å²) in [7, 11) is 2.07. The highest BCUT2D eigenvalue weighted by Gasteiger charge is 2.28. The molecule has 5 nitrogen and oxygen atoms in total. The number of nitrogens with zero attached hydrogens (tertiary/aromatic N) is 2. The summed E-state index contributed by atoms with van der Waals surface area (Å²) < 4.78 is 0. The van der Waals surface area contributed by atoms with Gasteiger partial charge in [0.25, 0.3) is 0 Å². The van der Waals surface area contributed by atoms with Gasteiger partial charge in [0.2, 0.25) is 11.8 Å². The van der Waals surface area contributed by atoms with Gasteiger partial charge in [-0.15, -0.1) is 11.3 Å². The molecule has 0 spiro atoms. The van der Waals surface area contributed by atoms with Gasteiger partial charge in [-0.05, 0) is 25.4 Å². The maximum absolute atomic E-state index is 12.6. The van der Waals surface area contributed by atoms with E-state index >= 15 is 0 Å². The van der Waals surface area contributed by atoms with Crippen LogP contribution in [0.2, 0.25) is 0 Å². The third-order valence-corrected chi connectivity index (χ3v) is 4.78. The van der Waals surface area contributed by atoms with E-state index in [1.54, 1.807) is 11.3 Å². The zero-order valence-corrected chi connectivity index (χ0v) is 13.7. The van der Waals surface area contributed by atoms with Crippen LogP contribution in [0.15, 0.2) is 17.5 Å². The largest absolute Gasteiger partial charge is 0.348 e. The molecular weight excluding hydrogens is 286 g/mol. The topological polar surface area (TPSA) is 52.7 Å². The second kappa shape index (κ2) is 7.04. The molecule has 2 unspecified atom stereocenters. The Morgan fingerprint density at radius 3 is 2.81 bits per heavy atom. The fourth-order valence-electron chi connectivity index (χ4n) is 2.76. The van der Waals surface area contributed by atoms with Crippen molar-refractivity contribution in [2.45, 2.75) is 32.4 Å². The van der Waals surface area contributed by atoms with Crippen LogP contribution in [0, 0.1) is 0 Å². The summed E-state index contributed by atoms with van der Waals surface area (Å²) in [6.45, 7) is 6.12. The SMILES string of the molecule is CC(=O)NC(CC(=O)N1CCN(C)CC1C)c1cccs1. The Bertz CT molecular complexity index is 489. The fraction of sp³-hybridized carbons (Fsp3) is 0.600. The number of hydrogen-bond acceptors (Lipinski definition) is 4. The third kappa shape index (κ3) is 4.28. The predicted octanol–water partition coefficient (Wildman–Crippen LogP) is 1.48. The zero-order chi connectivity index (χ0) is 15.4. The molecule has 1 fully saturated rings. The van der Waals surface area contributed by atoms with Crippen LogP contribution in [0.4, 0.5) is 0 Å². The van der Waals surface area contributed by atoms with Gasteiger partial charge in [0.1, 0.15) is 0 Å². The van der Waals surface area contributed by atoms with E-state index in [9.17, 15) is 9.59 Å². The van der Waals surface area contributed by atoms with Crippen molar-refractivity contribution in [3.8, 4) is 0 Å². The number of thiophene rings is 1. The molecule has 2 rings (SSSR count). The van der Waals surface area contributed by atoms with Gasteiger partial charge < -0.3 is 15.1 Å². The highest BCUT2D eigenvalue weighted by atomic mass is 32.1. The average molecular weight is 309 g/mol. The molecule has 21 heavy (non-hydrogen) atoms. The van der Waals surface area contributed by atoms with Gasteiger partial charge in [0, 0.05) is 37.5 Å². The second-order valence-corrected chi connectivity index (χ2v) is 6.65. The minimum absolute atomic E-state index is 0.104. The quantitative estimate of drug-likeness (QED) is 0.916. The lowest BCUT2D eigenvalue weighted by atomic mass is 10.1. The monoisotopic (exact) mass is 309 g/mol. The van der Waals surface area contributed by atoms with Crippen LogP contribution in [0.3, 0.4) is 0 Å². The van der Waals surface area contributed by atoms with Crippen LogP contribution in [0.5, 0.6) is 0 Å². The molecule has 2 atom stereocenters. The van der Waals surface area contributed by atoms with Gasteiger partial charge in [-0.3, -0.25) is 9.59 Å². The van der Waals surface area contributed by atoms with Gasteiger partial charge in [-0.2, -0.15) is 0 Å². The zero-order valence-electron chi connectivity index (χ0n) is 12.8. The third-order valence-electron chi connectivity index (χ3n) is 3.79. The summed E-state index contributed by atoms with van der Waals surface area (Å²) in [6, 6.07) is 3.91. The Kier molecular flexibility index (Phi) is 5.36. The highest BCUT2D eigenvalue weighted by Crippen LogP contribution is 2.23. The van der Waals surface area contributed by atoms with Crippen molar-refractivity contribution in [3.05, 3.63) is 22.4 Å². The van der Waals surface area contributed by atoms with E-state index < -0.39 is 0 Å². The molecule has 116 valence electrons. The lowest BCUT2D eigenvalue weighted by Gasteiger charge is -2.38. The highest BCUT2D eigenvalue weighted by molar-refractivity contribution is 7.10. The first-order valence-corrected chi connectivity index (χ1v) is 8.14. The van der Waals surface area contributed by atoms with Crippen molar-refractivity contribution in [2.24, 2.45) is 0 Å². The lowest BCUT2D eigenvalue weighted by Crippen LogP contribution is -2.53. The molecule has 0 aliphatic carbocycles. The van der Waals surface area contributed by atoms with Gasteiger partial charge in [0.05, 0.1) is 12.5 Å². The molecule has 1 aromatic heterocycles. The van der Waals surface area contributed by atoms with Crippen molar-refractivity contribution in [2.75, 3.05) is 26.7 Å². The van der Waals surface area contributed by atoms with E-state index in [4.69, 9.17) is 0 Å². The maximum atomic E-state index is 12.6.